The van der Waals surface area contributed by atoms with Crippen molar-refractivity contribution in [2.24, 2.45) is 5.41 Å². The molecule has 0 aromatic rings. The van der Waals surface area contributed by atoms with Gasteiger partial charge in [-0.25, -0.2) is 0 Å². The van der Waals surface area contributed by atoms with E-state index in [1.54, 1.807) is 0 Å². The molecule has 0 fully saturated rings. The molecule has 0 unspecified atom stereocenters. The highest BCUT2D eigenvalue weighted by Gasteiger charge is 2.28. The summed E-state index contributed by atoms with van der Waals surface area (Å²) in [5.74, 6) is 0.834. The van der Waals surface area contributed by atoms with E-state index in [9.17, 15) is 4.55 Å². The molecule has 0 saturated carbocycles. The highest BCUT2D eigenvalue weighted by atomic mass is 32.2. The molecule has 0 bridgehead atoms. The van der Waals surface area contributed by atoms with Crippen molar-refractivity contribution in [3.63, 3.8) is 0 Å². The first-order valence-electron chi connectivity index (χ1n) is 8.00. The maximum atomic E-state index is 9.33. The molecule has 2 nitrogen and oxygen atoms in total. The summed E-state index contributed by atoms with van der Waals surface area (Å²) in [5, 5.41) is 3.45. The van der Waals surface area contributed by atoms with Crippen LogP contribution in [0.2, 0.25) is 0 Å². The van der Waals surface area contributed by atoms with Crippen molar-refractivity contribution in [3.05, 3.63) is 24.9 Å². The lowest BCUT2D eigenvalue weighted by Crippen LogP contribution is -2.34. The van der Waals surface area contributed by atoms with E-state index in [1.165, 1.54) is 38.5 Å². The molecule has 0 aromatic heterocycles. The highest BCUT2D eigenvalue weighted by molar-refractivity contribution is 7.93. The second kappa shape index (κ2) is 13.6. The SMILES string of the molecule is C=CCC/C=C/NCC(CCCC)(CCCC)CSO. The largest absolute Gasteiger partial charge is 0.391 e. The molecule has 2 N–H and O–H groups in total. The van der Waals surface area contributed by atoms with Crippen LogP contribution in [-0.2, 0) is 0 Å². The summed E-state index contributed by atoms with van der Waals surface area (Å²) in [6.45, 7) is 9.16. The summed E-state index contributed by atoms with van der Waals surface area (Å²) in [6, 6.07) is 0. The fourth-order valence-electron chi connectivity index (χ4n) is 2.39. The van der Waals surface area contributed by atoms with Crippen molar-refractivity contribution in [3.8, 4) is 0 Å². The average molecular weight is 300 g/mol. The van der Waals surface area contributed by atoms with Gasteiger partial charge in [-0.05, 0) is 49.3 Å². The Morgan fingerprint density at radius 1 is 1.15 bits per heavy atom. The quantitative estimate of drug-likeness (QED) is 0.248. The van der Waals surface area contributed by atoms with Crippen LogP contribution in [0.25, 0.3) is 0 Å². The van der Waals surface area contributed by atoms with Crippen molar-refractivity contribution in [2.45, 2.75) is 65.2 Å². The Labute approximate surface area is 130 Å². The number of hydrogen-bond acceptors (Lipinski definition) is 3. The summed E-state index contributed by atoms with van der Waals surface area (Å²) in [6.07, 6.45) is 15.6. The zero-order chi connectivity index (χ0) is 15.1. The number of hydrogen-bond donors (Lipinski definition) is 2. The maximum Gasteiger partial charge on any atom is 0.0268 e. The topological polar surface area (TPSA) is 32.3 Å². The molecular formula is C17H33NOS. The van der Waals surface area contributed by atoms with E-state index in [2.05, 4.69) is 38.0 Å². The van der Waals surface area contributed by atoms with Crippen LogP contribution < -0.4 is 5.32 Å². The minimum Gasteiger partial charge on any atom is -0.391 e. The Morgan fingerprint density at radius 3 is 2.30 bits per heavy atom. The summed E-state index contributed by atoms with van der Waals surface area (Å²) >= 11 is 1.00. The van der Waals surface area contributed by atoms with E-state index >= 15 is 0 Å². The zero-order valence-electron chi connectivity index (χ0n) is 13.4. The first kappa shape index (κ1) is 19.6. The van der Waals surface area contributed by atoms with Crippen LogP contribution in [0, 0.1) is 5.41 Å². The third-order valence-corrected chi connectivity index (χ3v) is 4.48. The van der Waals surface area contributed by atoms with Crippen LogP contribution in [0.4, 0.5) is 0 Å². The Hall–Kier alpha value is -0.410. The summed E-state index contributed by atoms with van der Waals surface area (Å²) in [5.41, 5.74) is 0.230. The fraction of sp³-hybridized carbons (Fsp3) is 0.765. The second-order valence-corrected chi connectivity index (χ2v) is 6.18. The normalized spacial score (nSPS) is 11.9. The van der Waals surface area contributed by atoms with Gasteiger partial charge in [-0.2, -0.15) is 0 Å². The van der Waals surface area contributed by atoms with Crippen molar-refractivity contribution >= 4 is 12.0 Å². The fourth-order valence-corrected chi connectivity index (χ4v) is 3.06. The van der Waals surface area contributed by atoms with Crippen molar-refractivity contribution < 1.29 is 4.55 Å². The lowest BCUT2D eigenvalue weighted by Gasteiger charge is -2.33. The third kappa shape index (κ3) is 9.49. The lowest BCUT2D eigenvalue weighted by molar-refractivity contribution is 0.258. The van der Waals surface area contributed by atoms with Gasteiger partial charge >= 0.3 is 0 Å². The molecule has 0 atom stereocenters. The molecule has 3 heteroatoms. The first-order chi connectivity index (χ1) is 9.74. The second-order valence-electron chi connectivity index (χ2n) is 5.63. The van der Waals surface area contributed by atoms with Gasteiger partial charge in [0.2, 0.25) is 0 Å². The summed E-state index contributed by atoms with van der Waals surface area (Å²) in [4.78, 5) is 0. The molecule has 0 spiro atoms. The van der Waals surface area contributed by atoms with Crippen LogP contribution in [0.3, 0.4) is 0 Å². The van der Waals surface area contributed by atoms with Crippen LogP contribution in [0.15, 0.2) is 24.9 Å². The van der Waals surface area contributed by atoms with Gasteiger partial charge in [0.05, 0.1) is 0 Å². The molecule has 0 aliphatic carbocycles. The van der Waals surface area contributed by atoms with Gasteiger partial charge < -0.3 is 9.87 Å². The van der Waals surface area contributed by atoms with Gasteiger partial charge in [-0.1, -0.05) is 51.7 Å². The van der Waals surface area contributed by atoms with Gasteiger partial charge in [-0.3, -0.25) is 0 Å². The minimum atomic E-state index is 0.230. The average Bonchev–Trinajstić information content (AvgIpc) is 2.46. The van der Waals surface area contributed by atoms with Crippen LogP contribution in [0.1, 0.15) is 65.2 Å². The molecule has 0 rings (SSSR count). The van der Waals surface area contributed by atoms with E-state index in [0.717, 1.165) is 37.2 Å². The van der Waals surface area contributed by atoms with Crippen LogP contribution in [0.5, 0.6) is 0 Å². The van der Waals surface area contributed by atoms with E-state index < -0.39 is 0 Å². The first-order valence-corrected chi connectivity index (χ1v) is 8.94. The standard InChI is InChI=1S/C17H33NOS/c1-4-7-10-11-14-18-15-17(16-20-19,12-8-5-2)13-9-6-3/h4,11,14,18-19H,1,5-10,12-13,15-16H2,2-3H3/b14-11+. The van der Waals surface area contributed by atoms with Crippen molar-refractivity contribution in [1.82, 2.24) is 5.32 Å². The number of allylic oxidation sites excluding steroid dienone is 2. The summed E-state index contributed by atoms with van der Waals surface area (Å²) in [7, 11) is 0. The van der Waals surface area contributed by atoms with E-state index in [0.29, 0.717) is 0 Å². The van der Waals surface area contributed by atoms with E-state index in [4.69, 9.17) is 0 Å². The molecule has 118 valence electrons. The van der Waals surface area contributed by atoms with E-state index in [1.807, 2.05) is 6.08 Å². The molecule has 0 radical (unpaired) electrons. The summed E-state index contributed by atoms with van der Waals surface area (Å²) < 4.78 is 9.33. The van der Waals surface area contributed by atoms with Gasteiger partial charge in [0.1, 0.15) is 0 Å². The molecular weight excluding hydrogens is 266 g/mol. The van der Waals surface area contributed by atoms with Gasteiger partial charge in [0.15, 0.2) is 0 Å². The smallest absolute Gasteiger partial charge is 0.0268 e. The molecule has 20 heavy (non-hydrogen) atoms. The predicted octanol–water partition coefficient (Wildman–Crippen LogP) is 5.63. The van der Waals surface area contributed by atoms with Crippen molar-refractivity contribution in [1.29, 1.82) is 0 Å². The van der Waals surface area contributed by atoms with Crippen LogP contribution >= 0.6 is 12.0 Å². The Kier molecular flexibility index (Phi) is 13.3. The third-order valence-electron chi connectivity index (χ3n) is 3.74. The van der Waals surface area contributed by atoms with Crippen LogP contribution in [-0.4, -0.2) is 16.9 Å². The number of unbranched alkanes of at least 4 members (excludes halogenated alkanes) is 3. The molecule has 0 aliphatic heterocycles. The van der Waals surface area contributed by atoms with E-state index in [-0.39, 0.29) is 5.41 Å². The van der Waals surface area contributed by atoms with Crippen molar-refractivity contribution in [2.75, 3.05) is 12.3 Å². The molecule has 0 amide bonds. The highest BCUT2D eigenvalue weighted by Crippen LogP contribution is 2.33. The minimum absolute atomic E-state index is 0.230. The Morgan fingerprint density at radius 2 is 1.80 bits per heavy atom. The Bertz CT molecular complexity index is 245. The van der Waals surface area contributed by atoms with Gasteiger partial charge in [-0.15, -0.1) is 6.58 Å². The maximum absolute atomic E-state index is 9.33. The van der Waals surface area contributed by atoms with Gasteiger partial charge in [0, 0.05) is 12.3 Å². The number of rotatable bonds is 14. The monoisotopic (exact) mass is 299 g/mol. The molecule has 0 saturated heterocycles. The predicted molar refractivity (Wildman–Crippen MR) is 93.1 cm³/mol. The lowest BCUT2D eigenvalue weighted by atomic mass is 9.80. The molecule has 0 heterocycles. The molecule has 0 aliphatic rings. The zero-order valence-corrected chi connectivity index (χ0v) is 14.2. The number of nitrogens with one attached hydrogen (secondary N) is 1. The Balaban J connectivity index is 4.37. The van der Waals surface area contributed by atoms with Gasteiger partial charge in [0.25, 0.3) is 0 Å². The molecule has 0 aromatic carbocycles.